The zero-order valence-electron chi connectivity index (χ0n) is 13.3. The van der Waals surface area contributed by atoms with Crippen LogP contribution in [0.1, 0.15) is 11.3 Å². The van der Waals surface area contributed by atoms with E-state index in [9.17, 15) is 8.42 Å². The minimum absolute atomic E-state index is 0.309. The number of nitrogens with zero attached hydrogens (tertiary/aromatic N) is 2. The number of sulfonamides is 1. The number of likely N-dealkylation sites (N-methyl/N-ethyl adjacent to an activating group) is 1. The van der Waals surface area contributed by atoms with Gasteiger partial charge in [0.05, 0.1) is 4.90 Å². The first-order valence-electron chi connectivity index (χ1n) is 7.23. The molecule has 1 aromatic heterocycles. The van der Waals surface area contributed by atoms with Gasteiger partial charge in [0.15, 0.2) is 0 Å². The highest BCUT2D eigenvalue weighted by molar-refractivity contribution is 7.89. The minimum atomic E-state index is -3.42. The highest BCUT2D eigenvalue weighted by Crippen LogP contribution is 2.09. The highest BCUT2D eigenvalue weighted by atomic mass is 32.2. The Hall–Kier alpha value is -1.63. The fourth-order valence-corrected chi connectivity index (χ4v) is 3.21. The second-order valence-corrected chi connectivity index (χ2v) is 7.33. The zero-order chi connectivity index (χ0) is 16.2. The van der Waals surface area contributed by atoms with Crippen molar-refractivity contribution in [1.82, 2.24) is 14.2 Å². The molecule has 0 aliphatic rings. The van der Waals surface area contributed by atoms with Gasteiger partial charge >= 0.3 is 0 Å². The predicted molar refractivity (Wildman–Crippen MR) is 88.1 cm³/mol. The summed E-state index contributed by atoms with van der Waals surface area (Å²) >= 11 is 0. The largest absolute Gasteiger partial charge is 0.353 e. The molecule has 6 heteroatoms. The van der Waals surface area contributed by atoms with Crippen LogP contribution in [0.25, 0.3) is 0 Å². The number of aromatic nitrogens is 1. The fraction of sp³-hybridized carbons (Fsp3) is 0.375. The molecule has 0 saturated heterocycles. The van der Waals surface area contributed by atoms with E-state index in [1.54, 1.807) is 24.3 Å². The number of hydrogen-bond acceptors (Lipinski definition) is 3. The predicted octanol–water partition coefficient (Wildman–Crippen LogP) is 1.74. The van der Waals surface area contributed by atoms with E-state index in [-0.39, 0.29) is 0 Å². The SMILES string of the molecule is Cc1ccc(S(=O)(=O)NCCN(C)Cc2cccn2C)cc1. The summed E-state index contributed by atoms with van der Waals surface area (Å²) in [6.07, 6.45) is 2.00. The summed E-state index contributed by atoms with van der Waals surface area (Å²) in [6.45, 7) is 3.76. The van der Waals surface area contributed by atoms with Crippen molar-refractivity contribution in [3.05, 3.63) is 53.9 Å². The van der Waals surface area contributed by atoms with Gasteiger partial charge in [-0.2, -0.15) is 0 Å². The van der Waals surface area contributed by atoms with Gasteiger partial charge in [0.25, 0.3) is 0 Å². The molecule has 2 aromatic rings. The van der Waals surface area contributed by atoms with Gasteiger partial charge < -0.3 is 4.57 Å². The van der Waals surface area contributed by atoms with Crippen molar-refractivity contribution in [2.24, 2.45) is 7.05 Å². The Bertz CT molecular complexity index is 705. The first-order valence-corrected chi connectivity index (χ1v) is 8.72. The monoisotopic (exact) mass is 321 g/mol. The van der Waals surface area contributed by atoms with E-state index >= 15 is 0 Å². The molecule has 0 radical (unpaired) electrons. The van der Waals surface area contributed by atoms with Crippen LogP contribution in [0.5, 0.6) is 0 Å². The van der Waals surface area contributed by atoms with E-state index in [1.807, 2.05) is 33.3 Å². The van der Waals surface area contributed by atoms with Gasteiger partial charge in [-0.3, -0.25) is 4.90 Å². The van der Waals surface area contributed by atoms with Crippen LogP contribution in [0.2, 0.25) is 0 Å². The number of hydrogen-bond donors (Lipinski definition) is 1. The molecular weight excluding hydrogens is 298 g/mol. The molecule has 0 aliphatic heterocycles. The fourth-order valence-electron chi connectivity index (χ4n) is 2.19. The Labute approximate surface area is 132 Å². The number of rotatable bonds is 7. The van der Waals surface area contributed by atoms with Crippen molar-refractivity contribution < 1.29 is 8.42 Å². The smallest absolute Gasteiger partial charge is 0.240 e. The third kappa shape index (κ3) is 4.43. The molecule has 0 fully saturated rings. The Morgan fingerprint density at radius 2 is 1.86 bits per heavy atom. The summed E-state index contributed by atoms with van der Waals surface area (Å²) in [5, 5.41) is 0. The zero-order valence-corrected chi connectivity index (χ0v) is 14.1. The molecule has 0 spiro atoms. The lowest BCUT2D eigenvalue weighted by atomic mass is 10.2. The summed E-state index contributed by atoms with van der Waals surface area (Å²) in [7, 11) is 0.558. The van der Waals surface area contributed by atoms with Gasteiger partial charge in [-0.1, -0.05) is 17.7 Å². The molecule has 1 aromatic carbocycles. The van der Waals surface area contributed by atoms with Gasteiger partial charge in [0.1, 0.15) is 0 Å². The standard InChI is InChI=1S/C16H23N3O2S/c1-14-6-8-16(9-7-14)22(20,21)17-10-12-18(2)13-15-5-4-11-19(15)3/h4-9,11,17H,10,12-13H2,1-3H3. The number of benzene rings is 1. The van der Waals surface area contributed by atoms with E-state index in [2.05, 4.69) is 20.3 Å². The van der Waals surface area contributed by atoms with Crippen LogP contribution in [0.4, 0.5) is 0 Å². The van der Waals surface area contributed by atoms with Crippen molar-refractivity contribution in [3.63, 3.8) is 0 Å². The molecular formula is C16H23N3O2S. The molecule has 0 amide bonds. The molecule has 5 nitrogen and oxygen atoms in total. The van der Waals surface area contributed by atoms with Crippen molar-refractivity contribution in [2.45, 2.75) is 18.4 Å². The van der Waals surface area contributed by atoms with Crippen molar-refractivity contribution in [1.29, 1.82) is 0 Å². The van der Waals surface area contributed by atoms with Gasteiger partial charge in [-0.05, 0) is 38.2 Å². The second kappa shape index (κ2) is 7.09. The average molecular weight is 321 g/mol. The van der Waals surface area contributed by atoms with Crippen molar-refractivity contribution in [2.75, 3.05) is 20.1 Å². The van der Waals surface area contributed by atoms with Gasteiger partial charge in [0, 0.05) is 38.6 Å². The molecule has 0 bridgehead atoms. The summed E-state index contributed by atoms with van der Waals surface area (Å²) in [5.41, 5.74) is 2.24. The molecule has 0 unspecified atom stereocenters. The average Bonchev–Trinajstić information content (AvgIpc) is 2.84. The number of aryl methyl sites for hydroxylation is 2. The van der Waals surface area contributed by atoms with Crippen molar-refractivity contribution in [3.8, 4) is 0 Å². The first-order chi connectivity index (χ1) is 10.4. The molecule has 120 valence electrons. The molecule has 2 rings (SSSR count). The maximum atomic E-state index is 12.2. The summed E-state index contributed by atoms with van der Waals surface area (Å²) in [6, 6.07) is 10.9. The molecule has 1 heterocycles. The molecule has 0 saturated carbocycles. The molecule has 0 atom stereocenters. The summed E-state index contributed by atoms with van der Waals surface area (Å²) in [4.78, 5) is 2.40. The van der Waals surface area contributed by atoms with Gasteiger partial charge in [-0.25, -0.2) is 13.1 Å². The minimum Gasteiger partial charge on any atom is -0.353 e. The van der Waals surface area contributed by atoms with E-state index in [1.165, 1.54) is 5.69 Å². The quantitative estimate of drug-likeness (QED) is 0.845. The maximum absolute atomic E-state index is 12.2. The van der Waals surface area contributed by atoms with Crippen LogP contribution >= 0.6 is 0 Å². The Morgan fingerprint density at radius 3 is 2.45 bits per heavy atom. The van der Waals surface area contributed by atoms with E-state index in [0.717, 1.165) is 12.1 Å². The highest BCUT2D eigenvalue weighted by Gasteiger charge is 2.13. The second-order valence-electron chi connectivity index (χ2n) is 5.56. The third-order valence-electron chi connectivity index (χ3n) is 3.60. The lowest BCUT2D eigenvalue weighted by molar-refractivity contribution is 0.324. The summed E-state index contributed by atoms with van der Waals surface area (Å²) in [5.74, 6) is 0. The normalized spacial score (nSPS) is 12.0. The molecule has 22 heavy (non-hydrogen) atoms. The Morgan fingerprint density at radius 1 is 1.18 bits per heavy atom. The molecule has 1 N–H and O–H groups in total. The summed E-state index contributed by atoms with van der Waals surface area (Å²) < 4.78 is 29.0. The molecule has 0 aliphatic carbocycles. The van der Waals surface area contributed by atoms with E-state index in [4.69, 9.17) is 0 Å². The Balaban J connectivity index is 1.85. The van der Waals surface area contributed by atoms with Crippen LogP contribution < -0.4 is 4.72 Å². The number of nitrogens with one attached hydrogen (secondary N) is 1. The van der Waals surface area contributed by atoms with Gasteiger partial charge in [0.2, 0.25) is 10.0 Å². The maximum Gasteiger partial charge on any atom is 0.240 e. The topological polar surface area (TPSA) is 54.3 Å². The lowest BCUT2D eigenvalue weighted by Crippen LogP contribution is -2.33. The first kappa shape index (κ1) is 16.7. The van der Waals surface area contributed by atoms with Gasteiger partial charge in [-0.15, -0.1) is 0 Å². The van der Waals surface area contributed by atoms with Crippen LogP contribution in [-0.4, -0.2) is 38.0 Å². The van der Waals surface area contributed by atoms with Crippen LogP contribution in [0, 0.1) is 6.92 Å². The Kier molecular flexibility index (Phi) is 5.39. The van der Waals surface area contributed by atoms with Crippen LogP contribution in [-0.2, 0) is 23.6 Å². The van der Waals surface area contributed by atoms with E-state index in [0.29, 0.717) is 18.0 Å². The lowest BCUT2D eigenvalue weighted by Gasteiger charge is -2.17. The van der Waals surface area contributed by atoms with E-state index < -0.39 is 10.0 Å². The van der Waals surface area contributed by atoms with Crippen LogP contribution in [0.15, 0.2) is 47.5 Å². The third-order valence-corrected chi connectivity index (χ3v) is 5.08. The van der Waals surface area contributed by atoms with Crippen LogP contribution in [0.3, 0.4) is 0 Å². The van der Waals surface area contributed by atoms with Crippen molar-refractivity contribution >= 4 is 10.0 Å².